The number of amides is 1. The molecule has 20 heavy (non-hydrogen) atoms. The second kappa shape index (κ2) is 5.54. The zero-order valence-electron chi connectivity index (χ0n) is 12.0. The van der Waals surface area contributed by atoms with Crippen LogP contribution in [0.5, 0.6) is 0 Å². The Balaban J connectivity index is 1.63. The third-order valence-corrected chi connectivity index (χ3v) is 4.49. The van der Waals surface area contributed by atoms with Crippen LogP contribution in [0.15, 0.2) is 30.3 Å². The highest BCUT2D eigenvalue weighted by atomic mass is 16.2. The van der Waals surface area contributed by atoms with E-state index in [1.807, 2.05) is 11.0 Å². The fourth-order valence-electron chi connectivity index (χ4n) is 3.51. The van der Waals surface area contributed by atoms with Gasteiger partial charge in [0, 0.05) is 44.7 Å². The van der Waals surface area contributed by atoms with E-state index in [0.717, 1.165) is 26.2 Å². The molecule has 3 unspecified atom stereocenters. The molecule has 2 saturated heterocycles. The van der Waals surface area contributed by atoms with E-state index in [1.165, 1.54) is 5.56 Å². The second-order valence-corrected chi connectivity index (χ2v) is 6.23. The number of carbonyl (C=O) groups excluding carboxylic acids is 1. The van der Waals surface area contributed by atoms with E-state index in [0.29, 0.717) is 18.4 Å². The number of nitrogens with zero attached hydrogens (tertiary/aromatic N) is 2. The molecule has 2 fully saturated rings. The lowest BCUT2D eigenvalue weighted by atomic mass is 10.1. The molecule has 0 aromatic heterocycles. The van der Waals surface area contributed by atoms with Gasteiger partial charge in [0.25, 0.3) is 0 Å². The number of nitrogens with two attached hydrogens (primary N) is 1. The Morgan fingerprint density at radius 2 is 1.95 bits per heavy atom. The van der Waals surface area contributed by atoms with Crippen molar-refractivity contribution in [3.63, 3.8) is 0 Å². The van der Waals surface area contributed by atoms with Gasteiger partial charge in [-0.1, -0.05) is 37.3 Å². The fourth-order valence-corrected chi connectivity index (χ4v) is 3.51. The first kappa shape index (κ1) is 13.6. The Labute approximate surface area is 120 Å². The molecule has 4 nitrogen and oxygen atoms in total. The maximum Gasteiger partial charge on any atom is 0.224 e. The minimum absolute atomic E-state index is 0.0258. The second-order valence-electron chi connectivity index (χ2n) is 6.23. The van der Waals surface area contributed by atoms with Crippen LogP contribution in [0.25, 0.3) is 0 Å². The minimum atomic E-state index is 0.0258. The van der Waals surface area contributed by atoms with Crippen LogP contribution < -0.4 is 5.73 Å². The largest absolute Gasteiger partial charge is 0.336 e. The molecule has 3 atom stereocenters. The molecule has 0 saturated carbocycles. The van der Waals surface area contributed by atoms with Crippen LogP contribution in [0, 0.1) is 5.92 Å². The highest BCUT2D eigenvalue weighted by Crippen LogP contribution is 2.26. The number of hydrogen-bond donors (Lipinski definition) is 1. The van der Waals surface area contributed by atoms with Crippen molar-refractivity contribution in [1.29, 1.82) is 0 Å². The van der Waals surface area contributed by atoms with Crippen LogP contribution in [0.2, 0.25) is 0 Å². The zero-order valence-corrected chi connectivity index (χ0v) is 12.0. The summed E-state index contributed by atoms with van der Waals surface area (Å²) in [5.41, 5.74) is 7.25. The van der Waals surface area contributed by atoms with E-state index in [-0.39, 0.29) is 11.9 Å². The standard InChI is InChI=1S/C16H23N3O/c1-12-8-18(9-13-5-3-2-4-6-13)11-15(12)19-10-14(17)7-16(19)20/h2-6,12,14-15H,7-11,17H2,1H3. The van der Waals surface area contributed by atoms with E-state index >= 15 is 0 Å². The third kappa shape index (κ3) is 2.72. The summed E-state index contributed by atoms with van der Waals surface area (Å²) in [6.45, 7) is 5.96. The smallest absolute Gasteiger partial charge is 0.224 e. The van der Waals surface area contributed by atoms with Crippen molar-refractivity contribution in [2.75, 3.05) is 19.6 Å². The van der Waals surface area contributed by atoms with Gasteiger partial charge >= 0.3 is 0 Å². The van der Waals surface area contributed by atoms with Gasteiger partial charge in [-0.05, 0) is 11.5 Å². The first-order valence-corrected chi connectivity index (χ1v) is 7.45. The quantitative estimate of drug-likeness (QED) is 0.896. The average Bonchev–Trinajstić information content (AvgIpc) is 2.93. The first-order chi connectivity index (χ1) is 9.63. The third-order valence-electron chi connectivity index (χ3n) is 4.49. The van der Waals surface area contributed by atoms with Crippen LogP contribution in [0.3, 0.4) is 0 Å². The molecule has 0 radical (unpaired) electrons. The number of hydrogen-bond acceptors (Lipinski definition) is 3. The molecular weight excluding hydrogens is 250 g/mol. The predicted molar refractivity (Wildman–Crippen MR) is 79.0 cm³/mol. The maximum absolute atomic E-state index is 12.0. The number of benzene rings is 1. The molecule has 2 N–H and O–H groups in total. The number of rotatable bonds is 3. The predicted octanol–water partition coefficient (Wildman–Crippen LogP) is 1.07. The van der Waals surface area contributed by atoms with Crippen LogP contribution in [-0.2, 0) is 11.3 Å². The highest BCUT2D eigenvalue weighted by molar-refractivity contribution is 5.79. The Kier molecular flexibility index (Phi) is 3.76. The maximum atomic E-state index is 12.0. The minimum Gasteiger partial charge on any atom is -0.336 e. The molecule has 1 aromatic carbocycles. The van der Waals surface area contributed by atoms with Crippen molar-refractivity contribution in [2.24, 2.45) is 11.7 Å². The fraction of sp³-hybridized carbons (Fsp3) is 0.562. The molecule has 0 aliphatic carbocycles. The van der Waals surface area contributed by atoms with Gasteiger partial charge in [0.15, 0.2) is 0 Å². The van der Waals surface area contributed by atoms with Gasteiger partial charge in [-0.3, -0.25) is 9.69 Å². The summed E-state index contributed by atoms with van der Waals surface area (Å²) in [6, 6.07) is 10.9. The highest BCUT2D eigenvalue weighted by Gasteiger charge is 2.39. The molecule has 1 amide bonds. The van der Waals surface area contributed by atoms with Crippen molar-refractivity contribution in [3.8, 4) is 0 Å². The summed E-state index contributed by atoms with van der Waals surface area (Å²) in [5, 5.41) is 0. The van der Waals surface area contributed by atoms with Crippen molar-refractivity contribution in [1.82, 2.24) is 9.80 Å². The molecule has 0 bridgehead atoms. The van der Waals surface area contributed by atoms with Gasteiger partial charge in [0.05, 0.1) is 0 Å². The van der Waals surface area contributed by atoms with E-state index in [1.54, 1.807) is 0 Å². The molecule has 2 heterocycles. The van der Waals surface area contributed by atoms with Crippen molar-refractivity contribution < 1.29 is 4.79 Å². The topological polar surface area (TPSA) is 49.6 Å². The Morgan fingerprint density at radius 3 is 2.60 bits per heavy atom. The number of likely N-dealkylation sites (tertiary alicyclic amines) is 2. The molecule has 108 valence electrons. The van der Waals surface area contributed by atoms with Gasteiger partial charge in [-0.2, -0.15) is 0 Å². The molecule has 0 spiro atoms. The van der Waals surface area contributed by atoms with Gasteiger partial charge in [0.1, 0.15) is 0 Å². The van der Waals surface area contributed by atoms with Crippen molar-refractivity contribution >= 4 is 5.91 Å². The van der Waals surface area contributed by atoms with E-state index in [2.05, 4.69) is 36.1 Å². The summed E-state index contributed by atoms with van der Waals surface area (Å²) >= 11 is 0. The lowest BCUT2D eigenvalue weighted by Crippen LogP contribution is -2.42. The van der Waals surface area contributed by atoms with Crippen LogP contribution >= 0.6 is 0 Å². The van der Waals surface area contributed by atoms with Crippen molar-refractivity contribution in [2.45, 2.75) is 32.0 Å². The normalized spacial score (nSPS) is 31.2. The molecule has 2 aliphatic rings. The van der Waals surface area contributed by atoms with Gasteiger partial charge in [-0.25, -0.2) is 0 Å². The first-order valence-electron chi connectivity index (χ1n) is 7.45. The lowest BCUT2D eigenvalue weighted by Gasteiger charge is -2.27. The molecule has 3 rings (SSSR count). The molecule has 2 aliphatic heterocycles. The summed E-state index contributed by atoms with van der Waals surface area (Å²) in [7, 11) is 0. The van der Waals surface area contributed by atoms with E-state index in [9.17, 15) is 4.79 Å². The summed E-state index contributed by atoms with van der Waals surface area (Å²) in [5.74, 6) is 0.754. The van der Waals surface area contributed by atoms with Gasteiger partial charge < -0.3 is 10.6 Å². The Bertz CT molecular complexity index is 476. The van der Waals surface area contributed by atoms with Gasteiger partial charge in [-0.15, -0.1) is 0 Å². The van der Waals surface area contributed by atoms with E-state index < -0.39 is 0 Å². The molecule has 1 aromatic rings. The van der Waals surface area contributed by atoms with Crippen molar-refractivity contribution in [3.05, 3.63) is 35.9 Å². The van der Waals surface area contributed by atoms with Gasteiger partial charge in [0.2, 0.25) is 5.91 Å². The van der Waals surface area contributed by atoms with Crippen LogP contribution in [-0.4, -0.2) is 47.4 Å². The Hall–Kier alpha value is -1.39. The van der Waals surface area contributed by atoms with E-state index in [4.69, 9.17) is 5.73 Å². The Morgan fingerprint density at radius 1 is 1.20 bits per heavy atom. The molecular formula is C16H23N3O. The summed E-state index contributed by atoms with van der Waals surface area (Å²) in [4.78, 5) is 16.5. The number of carbonyl (C=O) groups is 1. The summed E-state index contributed by atoms with van der Waals surface area (Å²) in [6.07, 6.45) is 0.516. The zero-order chi connectivity index (χ0) is 14.1. The molecule has 4 heteroatoms. The average molecular weight is 273 g/mol. The lowest BCUT2D eigenvalue weighted by molar-refractivity contribution is -0.130. The van der Waals surface area contributed by atoms with Crippen LogP contribution in [0.1, 0.15) is 18.9 Å². The van der Waals surface area contributed by atoms with Crippen LogP contribution in [0.4, 0.5) is 0 Å². The summed E-state index contributed by atoms with van der Waals surface area (Å²) < 4.78 is 0. The monoisotopic (exact) mass is 273 g/mol. The SMILES string of the molecule is CC1CN(Cc2ccccc2)CC1N1CC(N)CC1=O.